The van der Waals surface area contributed by atoms with Gasteiger partial charge in [-0.05, 0) is 47.5 Å². The first-order chi connectivity index (χ1) is 17.9. The quantitative estimate of drug-likeness (QED) is 0.315. The molecule has 4 aromatic rings. The first-order valence-electron chi connectivity index (χ1n) is 11.2. The Labute approximate surface area is 210 Å². The summed E-state index contributed by atoms with van der Waals surface area (Å²) in [4.78, 5) is 23.2. The van der Waals surface area contributed by atoms with E-state index in [0.717, 1.165) is 0 Å². The maximum Gasteiger partial charge on any atom is 0.200 e. The van der Waals surface area contributed by atoms with Gasteiger partial charge in [-0.15, -0.1) is 0 Å². The van der Waals surface area contributed by atoms with Crippen molar-refractivity contribution < 1.29 is 43.7 Å². The van der Waals surface area contributed by atoms with E-state index < -0.39 is 12.2 Å². The topological polar surface area (TPSA) is 137 Å². The van der Waals surface area contributed by atoms with E-state index in [1.807, 2.05) is 0 Å². The van der Waals surface area contributed by atoms with Crippen LogP contribution < -0.4 is 19.6 Å². The third-order valence-corrected chi connectivity index (χ3v) is 6.28. The van der Waals surface area contributed by atoms with Crippen LogP contribution in [0, 0.1) is 0 Å². The van der Waals surface area contributed by atoms with Crippen LogP contribution in [0.5, 0.6) is 28.7 Å². The Hall–Kier alpha value is -4.25. The summed E-state index contributed by atoms with van der Waals surface area (Å²) in [6.07, 6.45) is 0.223. The van der Waals surface area contributed by atoms with Crippen molar-refractivity contribution in [3.05, 3.63) is 64.5 Å². The molecule has 3 N–H and O–H groups in total. The van der Waals surface area contributed by atoms with Crippen molar-refractivity contribution >= 4 is 11.0 Å². The molecule has 1 aliphatic rings. The fourth-order valence-corrected chi connectivity index (χ4v) is 4.41. The Kier molecular flexibility index (Phi) is 6.38. The van der Waals surface area contributed by atoms with E-state index in [1.54, 1.807) is 18.2 Å². The standard InChI is InChI=1S/C27H24O10/c1-32-20-7-13(17-12-35-19-10-15(29)4-5-16(19)26(17)31)6-18(30)24(20)25-21(33-2)8-14(9-22(25)34-3)27-23(11-28)36-37-27/h4-10,12,23,27-30H,11H2,1-3H3/t23-,27+/m1/s1. The first-order valence-corrected chi connectivity index (χ1v) is 11.2. The van der Waals surface area contributed by atoms with Crippen LogP contribution in [0.15, 0.2) is 57.9 Å². The lowest BCUT2D eigenvalue weighted by Gasteiger charge is -2.34. The monoisotopic (exact) mass is 508 g/mol. The zero-order valence-corrected chi connectivity index (χ0v) is 20.2. The van der Waals surface area contributed by atoms with Crippen molar-refractivity contribution in [2.75, 3.05) is 27.9 Å². The Morgan fingerprint density at radius 2 is 1.54 bits per heavy atom. The number of ether oxygens (including phenoxy) is 3. The van der Waals surface area contributed by atoms with E-state index >= 15 is 0 Å². The average molecular weight is 508 g/mol. The van der Waals surface area contributed by atoms with Gasteiger partial charge in [-0.2, -0.15) is 0 Å². The van der Waals surface area contributed by atoms with Crippen molar-refractivity contribution in [2.45, 2.75) is 12.2 Å². The molecule has 3 aromatic carbocycles. The van der Waals surface area contributed by atoms with Crippen molar-refractivity contribution in [1.29, 1.82) is 0 Å². The van der Waals surface area contributed by atoms with Gasteiger partial charge in [0.05, 0.1) is 50.0 Å². The van der Waals surface area contributed by atoms with Gasteiger partial charge in [0.15, 0.2) is 5.43 Å². The van der Waals surface area contributed by atoms with Crippen LogP contribution in [-0.2, 0) is 9.78 Å². The zero-order chi connectivity index (χ0) is 26.3. The van der Waals surface area contributed by atoms with Gasteiger partial charge in [-0.25, -0.2) is 9.78 Å². The minimum absolute atomic E-state index is 0.0238. The minimum Gasteiger partial charge on any atom is -0.508 e. The molecule has 0 radical (unpaired) electrons. The van der Waals surface area contributed by atoms with Gasteiger partial charge in [0.25, 0.3) is 0 Å². The molecular formula is C27H24O10. The highest BCUT2D eigenvalue weighted by Gasteiger charge is 2.37. The lowest BCUT2D eigenvalue weighted by atomic mass is 9.93. The minimum atomic E-state index is -0.528. The molecule has 5 rings (SSSR count). The molecule has 0 amide bonds. The molecule has 2 heterocycles. The fourth-order valence-electron chi connectivity index (χ4n) is 4.41. The van der Waals surface area contributed by atoms with Crippen LogP contribution in [0.2, 0.25) is 0 Å². The molecular weight excluding hydrogens is 484 g/mol. The van der Waals surface area contributed by atoms with Gasteiger partial charge < -0.3 is 33.9 Å². The van der Waals surface area contributed by atoms with E-state index in [-0.39, 0.29) is 51.4 Å². The number of phenolic OH excluding ortho intramolecular Hbond substituents is 2. The predicted octanol–water partition coefficient (Wildman–Crippen LogP) is 3.93. The largest absolute Gasteiger partial charge is 0.508 e. The van der Waals surface area contributed by atoms with Crippen LogP contribution in [0.3, 0.4) is 0 Å². The Balaban J connectivity index is 1.66. The Morgan fingerprint density at radius 3 is 2.14 bits per heavy atom. The summed E-state index contributed by atoms with van der Waals surface area (Å²) in [6, 6.07) is 10.7. The maximum absolute atomic E-state index is 13.1. The highest BCUT2D eigenvalue weighted by Crippen LogP contribution is 2.50. The number of benzene rings is 3. The number of fused-ring (bicyclic) bond motifs is 1. The van der Waals surface area contributed by atoms with Crippen LogP contribution in [0.25, 0.3) is 33.2 Å². The molecule has 0 spiro atoms. The highest BCUT2D eigenvalue weighted by atomic mass is 17.2. The second-order valence-electron chi connectivity index (χ2n) is 8.37. The van der Waals surface area contributed by atoms with Crippen molar-refractivity contribution in [1.82, 2.24) is 0 Å². The van der Waals surface area contributed by atoms with E-state index in [0.29, 0.717) is 28.2 Å². The molecule has 0 aliphatic carbocycles. The van der Waals surface area contributed by atoms with Gasteiger partial charge in [0.2, 0.25) is 0 Å². The molecule has 10 heteroatoms. The molecule has 0 unspecified atom stereocenters. The molecule has 1 aliphatic heterocycles. The number of phenols is 2. The normalized spacial score (nSPS) is 16.9. The third kappa shape index (κ3) is 4.10. The van der Waals surface area contributed by atoms with Gasteiger partial charge in [0.1, 0.15) is 52.8 Å². The van der Waals surface area contributed by atoms with E-state index in [9.17, 15) is 20.1 Å². The molecule has 0 saturated carbocycles. The molecule has 1 aromatic heterocycles. The van der Waals surface area contributed by atoms with Crippen LogP contribution in [0.1, 0.15) is 11.7 Å². The molecule has 0 bridgehead atoms. The summed E-state index contributed by atoms with van der Waals surface area (Å²) in [7, 11) is 4.38. The van der Waals surface area contributed by atoms with Crippen LogP contribution in [-0.4, -0.2) is 49.4 Å². The second kappa shape index (κ2) is 9.66. The van der Waals surface area contributed by atoms with Crippen LogP contribution >= 0.6 is 0 Å². The average Bonchev–Trinajstić information content (AvgIpc) is 2.87. The van der Waals surface area contributed by atoms with Crippen molar-refractivity contribution in [2.24, 2.45) is 0 Å². The highest BCUT2D eigenvalue weighted by molar-refractivity contribution is 5.89. The van der Waals surface area contributed by atoms with Gasteiger partial charge in [0, 0.05) is 6.07 Å². The SMILES string of the molecule is COc1cc(-c2coc3cc(O)ccc3c2=O)cc(O)c1-c1c(OC)cc([C@@H]2OO[C@@H]2CO)cc1OC. The number of rotatable bonds is 7. The van der Waals surface area contributed by atoms with Gasteiger partial charge in [-0.3, -0.25) is 4.79 Å². The van der Waals surface area contributed by atoms with E-state index in [1.165, 1.54) is 51.9 Å². The second-order valence-corrected chi connectivity index (χ2v) is 8.37. The smallest absolute Gasteiger partial charge is 0.200 e. The molecule has 1 fully saturated rings. The lowest BCUT2D eigenvalue weighted by molar-refractivity contribution is -0.473. The summed E-state index contributed by atoms with van der Waals surface area (Å²) in [5, 5.41) is 30.6. The van der Waals surface area contributed by atoms with Gasteiger partial charge >= 0.3 is 0 Å². The molecule has 2 atom stereocenters. The summed E-state index contributed by atoms with van der Waals surface area (Å²) < 4.78 is 22.4. The molecule has 37 heavy (non-hydrogen) atoms. The summed E-state index contributed by atoms with van der Waals surface area (Å²) >= 11 is 0. The lowest BCUT2D eigenvalue weighted by Crippen LogP contribution is -2.38. The molecule has 1 saturated heterocycles. The van der Waals surface area contributed by atoms with E-state index in [2.05, 4.69) is 0 Å². The van der Waals surface area contributed by atoms with E-state index in [4.69, 9.17) is 28.4 Å². The molecule has 192 valence electrons. The number of hydrogen-bond donors (Lipinski definition) is 3. The summed E-state index contributed by atoms with van der Waals surface area (Å²) in [5.41, 5.74) is 1.81. The third-order valence-electron chi connectivity index (χ3n) is 6.28. The van der Waals surface area contributed by atoms with Crippen molar-refractivity contribution in [3.8, 4) is 51.0 Å². The fraction of sp³-hybridized carbons (Fsp3) is 0.222. The number of methoxy groups -OCH3 is 3. The summed E-state index contributed by atoms with van der Waals surface area (Å²) in [5.74, 6) is 0.742. The molecule has 10 nitrogen and oxygen atoms in total. The number of aromatic hydroxyl groups is 2. The predicted molar refractivity (Wildman–Crippen MR) is 132 cm³/mol. The number of hydrogen-bond acceptors (Lipinski definition) is 10. The Morgan fingerprint density at radius 1 is 0.865 bits per heavy atom. The number of aliphatic hydroxyl groups excluding tert-OH is 1. The number of aliphatic hydroxyl groups is 1. The van der Waals surface area contributed by atoms with Gasteiger partial charge in [-0.1, -0.05) is 0 Å². The zero-order valence-electron chi connectivity index (χ0n) is 20.2. The van der Waals surface area contributed by atoms with Crippen molar-refractivity contribution in [3.63, 3.8) is 0 Å². The Bertz CT molecular complexity index is 1510. The maximum atomic E-state index is 13.1. The summed E-state index contributed by atoms with van der Waals surface area (Å²) in [6.45, 7) is -0.225. The first kappa shape index (κ1) is 24.4. The van der Waals surface area contributed by atoms with Crippen LogP contribution in [0.4, 0.5) is 0 Å².